The van der Waals surface area contributed by atoms with Gasteiger partial charge in [0.1, 0.15) is 11.4 Å². The minimum Gasteiger partial charge on any atom is -0.506 e. The SMILES string of the molecule is C1CCCCC1.Cc1nc(-c2onc(C)c2CNC(=O)OCC(C)C)ccc1O. The molecule has 29 heavy (non-hydrogen) atoms. The van der Waals surface area contributed by atoms with Crippen LogP contribution in [0.1, 0.15) is 69.3 Å². The third kappa shape index (κ3) is 7.40. The van der Waals surface area contributed by atoms with E-state index in [1.54, 1.807) is 26.0 Å². The summed E-state index contributed by atoms with van der Waals surface area (Å²) >= 11 is 0. The number of nitrogens with zero attached hydrogens (tertiary/aromatic N) is 2. The van der Waals surface area contributed by atoms with Gasteiger partial charge in [-0.3, -0.25) is 0 Å². The fourth-order valence-electron chi connectivity index (χ4n) is 2.99. The van der Waals surface area contributed by atoms with Crippen LogP contribution in [-0.2, 0) is 11.3 Å². The quantitative estimate of drug-likeness (QED) is 0.705. The third-order valence-corrected chi connectivity index (χ3v) is 4.73. The van der Waals surface area contributed by atoms with Gasteiger partial charge in [0.2, 0.25) is 0 Å². The molecule has 0 radical (unpaired) electrons. The molecule has 2 heterocycles. The van der Waals surface area contributed by atoms with Crippen molar-refractivity contribution in [3.05, 3.63) is 29.1 Å². The zero-order valence-electron chi connectivity index (χ0n) is 18.0. The highest BCUT2D eigenvalue weighted by Crippen LogP contribution is 2.27. The van der Waals surface area contributed by atoms with E-state index in [1.165, 1.54) is 38.5 Å². The molecule has 0 aromatic carbocycles. The molecule has 2 aromatic heterocycles. The minimum absolute atomic E-state index is 0.113. The number of alkyl carbamates (subject to hydrolysis) is 1. The zero-order valence-corrected chi connectivity index (χ0v) is 18.0. The topological polar surface area (TPSA) is 97.5 Å². The number of aromatic hydroxyl groups is 1. The first kappa shape index (κ1) is 22.7. The average Bonchev–Trinajstić information content (AvgIpc) is 3.09. The smallest absolute Gasteiger partial charge is 0.407 e. The Morgan fingerprint density at radius 2 is 1.76 bits per heavy atom. The molecule has 2 N–H and O–H groups in total. The first-order chi connectivity index (χ1) is 13.9. The number of carbonyl (C=O) groups excluding carboxylic acids is 1. The van der Waals surface area contributed by atoms with Crippen LogP contribution in [0.2, 0.25) is 0 Å². The van der Waals surface area contributed by atoms with Crippen LogP contribution in [0.3, 0.4) is 0 Å². The van der Waals surface area contributed by atoms with Gasteiger partial charge in [-0.2, -0.15) is 0 Å². The predicted molar refractivity (Wildman–Crippen MR) is 112 cm³/mol. The van der Waals surface area contributed by atoms with Gasteiger partial charge >= 0.3 is 6.09 Å². The molecule has 0 atom stereocenters. The molecular weight excluding hydrogens is 370 g/mol. The van der Waals surface area contributed by atoms with Crippen molar-refractivity contribution in [1.29, 1.82) is 0 Å². The Balaban J connectivity index is 0.000000426. The van der Waals surface area contributed by atoms with Crippen LogP contribution in [0.15, 0.2) is 16.7 Å². The maximum atomic E-state index is 11.7. The molecule has 1 fully saturated rings. The molecule has 1 aliphatic rings. The monoisotopic (exact) mass is 403 g/mol. The third-order valence-electron chi connectivity index (χ3n) is 4.73. The fraction of sp³-hybridized carbons (Fsp3) is 0.591. The molecule has 1 saturated carbocycles. The Kier molecular flexibility index (Phi) is 8.96. The maximum absolute atomic E-state index is 11.7. The van der Waals surface area contributed by atoms with E-state index in [2.05, 4.69) is 15.5 Å². The van der Waals surface area contributed by atoms with Gasteiger partial charge in [0, 0.05) is 5.56 Å². The number of hydrogen-bond donors (Lipinski definition) is 2. The molecular formula is C22H33N3O4. The number of nitrogens with one attached hydrogen (secondary N) is 1. The standard InChI is InChI=1S/C16H21N3O4.C6H12/c1-9(2)8-22-16(21)17-7-12-10(3)19-23-15(12)13-5-6-14(20)11(4)18-13;1-2-4-6-5-3-1/h5-6,9,20H,7-8H2,1-4H3,(H,17,21);1-6H2. The van der Waals surface area contributed by atoms with Crippen molar-refractivity contribution in [2.24, 2.45) is 5.92 Å². The summed E-state index contributed by atoms with van der Waals surface area (Å²) in [4.78, 5) is 15.9. The Bertz CT molecular complexity index is 771. The zero-order chi connectivity index (χ0) is 21.2. The number of rotatable bonds is 5. The number of carbonyl (C=O) groups is 1. The summed E-state index contributed by atoms with van der Waals surface area (Å²) in [5.74, 6) is 0.856. The average molecular weight is 404 g/mol. The first-order valence-electron chi connectivity index (χ1n) is 10.4. The van der Waals surface area contributed by atoms with Gasteiger partial charge in [0.05, 0.1) is 24.5 Å². The molecule has 0 saturated heterocycles. The van der Waals surface area contributed by atoms with Crippen molar-refractivity contribution in [1.82, 2.24) is 15.5 Å². The summed E-state index contributed by atoms with van der Waals surface area (Å²) in [6.45, 7) is 8.01. The van der Waals surface area contributed by atoms with Crippen LogP contribution in [0, 0.1) is 19.8 Å². The number of aromatic nitrogens is 2. The van der Waals surface area contributed by atoms with Crippen LogP contribution >= 0.6 is 0 Å². The summed E-state index contributed by atoms with van der Waals surface area (Å²) in [6.07, 6.45) is 8.51. The van der Waals surface area contributed by atoms with Crippen molar-refractivity contribution >= 4 is 6.09 Å². The highest BCUT2D eigenvalue weighted by atomic mass is 16.5. The highest BCUT2D eigenvalue weighted by molar-refractivity contribution is 5.68. The molecule has 0 spiro atoms. The lowest BCUT2D eigenvalue weighted by Gasteiger charge is -2.09. The predicted octanol–water partition coefficient (Wildman–Crippen LogP) is 5.28. The van der Waals surface area contributed by atoms with E-state index >= 15 is 0 Å². The molecule has 2 aromatic rings. The van der Waals surface area contributed by atoms with Gasteiger partial charge in [-0.05, 0) is 31.9 Å². The van der Waals surface area contributed by atoms with E-state index in [1.807, 2.05) is 13.8 Å². The molecule has 160 valence electrons. The van der Waals surface area contributed by atoms with Crippen LogP contribution in [0.5, 0.6) is 5.75 Å². The second kappa shape index (κ2) is 11.4. The molecule has 7 heteroatoms. The number of ether oxygens (including phenoxy) is 1. The van der Waals surface area contributed by atoms with Gasteiger partial charge in [0.15, 0.2) is 5.76 Å². The number of aryl methyl sites for hydroxylation is 2. The van der Waals surface area contributed by atoms with E-state index in [-0.39, 0.29) is 18.2 Å². The van der Waals surface area contributed by atoms with Gasteiger partial charge in [-0.25, -0.2) is 9.78 Å². The van der Waals surface area contributed by atoms with E-state index in [9.17, 15) is 9.90 Å². The number of pyridine rings is 1. The summed E-state index contributed by atoms with van der Waals surface area (Å²) in [5, 5.41) is 16.2. The lowest BCUT2D eigenvalue weighted by molar-refractivity contribution is 0.132. The lowest BCUT2D eigenvalue weighted by Crippen LogP contribution is -2.25. The maximum Gasteiger partial charge on any atom is 0.407 e. The molecule has 1 amide bonds. The second-order valence-electron chi connectivity index (χ2n) is 7.84. The molecule has 0 bridgehead atoms. The van der Waals surface area contributed by atoms with Crippen molar-refractivity contribution in [3.8, 4) is 17.2 Å². The molecule has 7 nitrogen and oxygen atoms in total. The van der Waals surface area contributed by atoms with Crippen molar-refractivity contribution in [2.45, 2.75) is 72.8 Å². The number of hydrogen-bond acceptors (Lipinski definition) is 6. The van der Waals surface area contributed by atoms with Gasteiger partial charge in [0.25, 0.3) is 0 Å². The Morgan fingerprint density at radius 3 is 2.31 bits per heavy atom. The van der Waals surface area contributed by atoms with Crippen LogP contribution in [-0.4, -0.2) is 27.9 Å². The van der Waals surface area contributed by atoms with Gasteiger partial charge < -0.3 is 19.7 Å². The van der Waals surface area contributed by atoms with E-state index in [0.717, 1.165) is 5.56 Å². The Hall–Kier alpha value is -2.57. The van der Waals surface area contributed by atoms with E-state index < -0.39 is 6.09 Å². The molecule has 0 aliphatic heterocycles. The molecule has 0 unspecified atom stereocenters. The largest absolute Gasteiger partial charge is 0.506 e. The minimum atomic E-state index is -0.486. The van der Waals surface area contributed by atoms with Crippen molar-refractivity contribution in [2.75, 3.05) is 6.61 Å². The summed E-state index contributed by atoms with van der Waals surface area (Å²) in [7, 11) is 0. The summed E-state index contributed by atoms with van der Waals surface area (Å²) < 4.78 is 10.4. The molecule has 3 rings (SSSR count). The number of amides is 1. The van der Waals surface area contributed by atoms with Crippen molar-refractivity contribution in [3.63, 3.8) is 0 Å². The second-order valence-corrected chi connectivity index (χ2v) is 7.84. The van der Waals surface area contributed by atoms with Gasteiger partial charge in [-0.15, -0.1) is 0 Å². The first-order valence-corrected chi connectivity index (χ1v) is 10.4. The summed E-state index contributed by atoms with van der Waals surface area (Å²) in [6, 6.07) is 3.19. The van der Waals surface area contributed by atoms with E-state index in [4.69, 9.17) is 9.26 Å². The van der Waals surface area contributed by atoms with Crippen LogP contribution < -0.4 is 5.32 Å². The lowest BCUT2D eigenvalue weighted by atomic mass is 10.0. The fourth-order valence-corrected chi connectivity index (χ4v) is 2.99. The normalized spacial score (nSPS) is 13.6. The van der Waals surface area contributed by atoms with E-state index in [0.29, 0.717) is 29.4 Å². The summed E-state index contributed by atoms with van der Waals surface area (Å²) in [5.41, 5.74) is 2.43. The Labute approximate surface area is 172 Å². The Morgan fingerprint density at radius 1 is 1.14 bits per heavy atom. The van der Waals surface area contributed by atoms with Gasteiger partial charge in [-0.1, -0.05) is 57.5 Å². The van der Waals surface area contributed by atoms with Crippen LogP contribution in [0.25, 0.3) is 11.5 Å². The highest BCUT2D eigenvalue weighted by Gasteiger charge is 2.18. The van der Waals surface area contributed by atoms with Crippen LogP contribution in [0.4, 0.5) is 4.79 Å². The van der Waals surface area contributed by atoms with Crippen molar-refractivity contribution < 1.29 is 19.2 Å². The molecule has 1 aliphatic carbocycles.